The number of fused-ring (bicyclic) bond motifs is 2. The molecular weight excluding hydrogens is 372 g/mol. The van der Waals surface area contributed by atoms with E-state index in [0.717, 1.165) is 46.7 Å². The first-order chi connectivity index (χ1) is 13.7. The fourth-order valence-corrected chi connectivity index (χ4v) is 4.47. The van der Waals surface area contributed by atoms with Crippen LogP contribution in [0.3, 0.4) is 0 Å². The third-order valence-electron chi connectivity index (χ3n) is 5.01. The number of benzene rings is 1. The highest BCUT2D eigenvalue weighted by molar-refractivity contribution is 7.18. The van der Waals surface area contributed by atoms with E-state index in [1.54, 1.807) is 28.0 Å². The van der Waals surface area contributed by atoms with Crippen molar-refractivity contribution in [3.8, 4) is 17.0 Å². The number of aryl methyl sites for hydroxylation is 1. The van der Waals surface area contributed by atoms with E-state index in [1.807, 2.05) is 37.3 Å². The van der Waals surface area contributed by atoms with E-state index in [1.165, 1.54) is 0 Å². The highest BCUT2D eigenvalue weighted by Crippen LogP contribution is 2.27. The molecule has 0 bridgehead atoms. The lowest BCUT2D eigenvalue weighted by Crippen LogP contribution is -2.34. The van der Waals surface area contributed by atoms with Crippen molar-refractivity contribution in [1.29, 1.82) is 0 Å². The molecule has 0 aliphatic carbocycles. The second-order valence-corrected chi connectivity index (χ2v) is 8.29. The van der Waals surface area contributed by atoms with Crippen LogP contribution in [0.2, 0.25) is 0 Å². The summed E-state index contributed by atoms with van der Waals surface area (Å²) in [7, 11) is 0. The predicted octanol–water partition coefficient (Wildman–Crippen LogP) is 3.41. The molecule has 0 spiro atoms. The highest BCUT2D eigenvalue weighted by atomic mass is 32.1. The van der Waals surface area contributed by atoms with Crippen LogP contribution >= 0.6 is 11.3 Å². The number of nitrogens with zero attached hydrogens (tertiary/aromatic N) is 3. The van der Waals surface area contributed by atoms with Crippen LogP contribution in [-0.4, -0.2) is 33.6 Å². The first kappa shape index (κ1) is 17.3. The lowest BCUT2D eigenvalue weighted by molar-refractivity contribution is 0.162. The second-order valence-electron chi connectivity index (χ2n) is 7.06. The molecule has 6 nitrogen and oxygen atoms in total. The molecule has 4 aromatic rings. The lowest BCUT2D eigenvalue weighted by Gasteiger charge is -2.23. The molecule has 28 heavy (non-hydrogen) atoms. The Morgan fingerprint density at radius 3 is 2.86 bits per heavy atom. The summed E-state index contributed by atoms with van der Waals surface area (Å²) in [6.07, 6.45) is 3.88. The molecule has 1 aromatic carbocycles. The van der Waals surface area contributed by atoms with Crippen LogP contribution in [0.5, 0.6) is 5.75 Å². The minimum Gasteiger partial charge on any atom is -0.489 e. The van der Waals surface area contributed by atoms with Crippen molar-refractivity contribution in [3.05, 3.63) is 58.0 Å². The number of nitrogens with one attached hydrogen (secondary N) is 1. The van der Waals surface area contributed by atoms with Gasteiger partial charge in [-0.3, -0.25) is 9.20 Å². The van der Waals surface area contributed by atoms with Crippen LogP contribution in [0.25, 0.3) is 27.1 Å². The molecule has 5 rings (SSSR count). The Balaban J connectivity index is 1.50. The molecule has 1 N–H and O–H groups in total. The molecule has 7 heteroatoms. The van der Waals surface area contributed by atoms with Gasteiger partial charge >= 0.3 is 0 Å². The summed E-state index contributed by atoms with van der Waals surface area (Å²) in [5.41, 5.74) is 3.07. The Bertz CT molecular complexity index is 1220. The maximum absolute atomic E-state index is 12.7. The molecule has 1 fully saturated rings. The smallest absolute Gasteiger partial charge is 0.258 e. The van der Waals surface area contributed by atoms with Crippen molar-refractivity contribution >= 4 is 27.2 Å². The van der Waals surface area contributed by atoms with Crippen molar-refractivity contribution in [1.82, 2.24) is 19.7 Å². The summed E-state index contributed by atoms with van der Waals surface area (Å²) < 4.78 is 8.70. The van der Waals surface area contributed by atoms with Gasteiger partial charge in [-0.05, 0) is 57.1 Å². The van der Waals surface area contributed by atoms with E-state index in [4.69, 9.17) is 4.74 Å². The van der Waals surface area contributed by atoms with Gasteiger partial charge in [-0.15, -0.1) is 11.3 Å². The SMILES string of the molecule is Cc1nc2ccc(-c3cc(=O)n4cc(OC5CCNCC5)ccc4n3)cc2s1. The zero-order valence-corrected chi connectivity index (χ0v) is 16.3. The molecular formula is C21H20N4O2S. The standard InChI is InChI=1S/C21H20N4O2S/c1-13-23-17-4-2-14(10-19(17)28-13)18-11-21(26)25-12-16(3-5-20(25)24-18)27-15-6-8-22-9-7-15/h2-5,10-12,15,22H,6-9H2,1H3. The molecule has 0 amide bonds. The zero-order valence-electron chi connectivity index (χ0n) is 15.5. The van der Waals surface area contributed by atoms with Gasteiger partial charge in [0, 0.05) is 11.6 Å². The fourth-order valence-electron chi connectivity index (χ4n) is 3.61. The molecule has 0 atom stereocenters. The Morgan fingerprint density at radius 1 is 1.14 bits per heavy atom. The van der Waals surface area contributed by atoms with Gasteiger partial charge in [0.25, 0.3) is 5.56 Å². The molecule has 0 saturated carbocycles. The van der Waals surface area contributed by atoms with Crippen LogP contribution in [0.4, 0.5) is 0 Å². The fraction of sp³-hybridized carbons (Fsp3) is 0.286. The summed E-state index contributed by atoms with van der Waals surface area (Å²) in [5, 5.41) is 4.35. The van der Waals surface area contributed by atoms with E-state index in [0.29, 0.717) is 17.1 Å². The molecule has 142 valence electrons. The number of hydrogen-bond acceptors (Lipinski definition) is 6. The Labute approximate surface area is 165 Å². The van der Waals surface area contributed by atoms with Gasteiger partial charge in [-0.1, -0.05) is 6.07 Å². The number of aromatic nitrogens is 3. The van der Waals surface area contributed by atoms with Gasteiger partial charge in [0.15, 0.2) is 0 Å². The van der Waals surface area contributed by atoms with Crippen LogP contribution in [0.15, 0.2) is 47.4 Å². The molecule has 4 heterocycles. The Morgan fingerprint density at radius 2 is 2.00 bits per heavy atom. The van der Waals surface area contributed by atoms with Crippen LogP contribution in [0, 0.1) is 6.92 Å². The first-order valence-corrected chi connectivity index (χ1v) is 10.3. The lowest BCUT2D eigenvalue weighted by atomic mass is 10.1. The second kappa shape index (κ2) is 7.00. The summed E-state index contributed by atoms with van der Waals surface area (Å²) in [6.45, 7) is 3.92. The van der Waals surface area contributed by atoms with Gasteiger partial charge < -0.3 is 10.1 Å². The minimum absolute atomic E-state index is 0.114. The van der Waals surface area contributed by atoms with Gasteiger partial charge in [0.05, 0.1) is 27.1 Å². The van der Waals surface area contributed by atoms with E-state index < -0.39 is 0 Å². The number of piperidine rings is 1. The number of ether oxygens (including phenoxy) is 1. The molecule has 3 aromatic heterocycles. The van der Waals surface area contributed by atoms with Gasteiger partial charge in [0.2, 0.25) is 0 Å². The van der Waals surface area contributed by atoms with Gasteiger partial charge in [-0.2, -0.15) is 0 Å². The van der Waals surface area contributed by atoms with Crippen molar-refractivity contribution in [2.75, 3.05) is 13.1 Å². The van der Waals surface area contributed by atoms with E-state index in [-0.39, 0.29) is 11.7 Å². The molecule has 1 aliphatic heterocycles. The van der Waals surface area contributed by atoms with Crippen LogP contribution < -0.4 is 15.6 Å². The van der Waals surface area contributed by atoms with E-state index in [9.17, 15) is 4.79 Å². The van der Waals surface area contributed by atoms with Crippen LogP contribution in [0.1, 0.15) is 17.8 Å². The Kier molecular flexibility index (Phi) is 4.33. The van der Waals surface area contributed by atoms with Crippen molar-refractivity contribution in [2.45, 2.75) is 25.9 Å². The highest BCUT2D eigenvalue weighted by Gasteiger charge is 2.15. The summed E-state index contributed by atoms with van der Waals surface area (Å²) in [6, 6.07) is 11.3. The predicted molar refractivity (Wildman–Crippen MR) is 111 cm³/mol. The zero-order chi connectivity index (χ0) is 19.1. The van der Waals surface area contributed by atoms with Crippen molar-refractivity contribution in [3.63, 3.8) is 0 Å². The maximum atomic E-state index is 12.7. The van der Waals surface area contributed by atoms with Gasteiger partial charge in [0.1, 0.15) is 17.5 Å². The number of thiazole rings is 1. The number of rotatable bonds is 3. The van der Waals surface area contributed by atoms with E-state index >= 15 is 0 Å². The monoisotopic (exact) mass is 392 g/mol. The molecule has 1 aliphatic rings. The van der Waals surface area contributed by atoms with Gasteiger partial charge in [-0.25, -0.2) is 9.97 Å². The number of pyridine rings is 1. The normalized spacial score (nSPS) is 15.3. The average molecular weight is 392 g/mol. The summed E-state index contributed by atoms with van der Waals surface area (Å²) in [4.78, 5) is 21.9. The Hall–Kier alpha value is -2.77. The first-order valence-electron chi connectivity index (χ1n) is 9.44. The third-order valence-corrected chi connectivity index (χ3v) is 5.95. The molecule has 0 radical (unpaired) electrons. The number of hydrogen-bond donors (Lipinski definition) is 1. The van der Waals surface area contributed by atoms with Crippen LogP contribution in [-0.2, 0) is 0 Å². The third kappa shape index (κ3) is 3.27. The van der Waals surface area contributed by atoms with Crippen molar-refractivity contribution < 1.29 is 4.74 Å². The average Bonchev–Trinajstić information content (AvgIpc) is 3.08. The quantitative estimate of drug-likeness (QED) is 0.579. The summed E-state index contributed by atoms with van der Waals surface area (Å²) in [5.74, 6) is 0.706. The minimum atomic E-state index is -0.114. The van der Waals surface area contributed by atoms with E-state index in [2.05, 4.69) is 15.3 Å². The largest absolute Gasteiger partial charge is 0.489 e. The van der Waals surface area contributed by atoms with Crippen molar-refractivity contribution in [2.24, 2.45) is 0 Å². The molecule has 1 saturated heterocycles. The molecule has 0 unspecified atom stereocenters. The maximum Gasteiger partial charge on any atom is 0.258 e. The topological polar surface area (TPSA) is 68.5 Å². The summed E-state index contributed by atoms with van der Waals surface area (Å²) >= 11 is 1.64.